The Bertz CT molecular complexity index is 361. The van der Waals surface area contributed by atoms with Gasteiger partial charge in [-0.25, -0.2) is 4.98 Å². The zero-order chi connectivity index (χ0) is 15.0. The topological polar surface area (TPSA) is 31.4 Å². The lowest BCUT2D eigenvalue weighted by Crippen LogP contribution is -2.33. The zero-order valence-electron chi connectivity index (χ0n) is 13.7. The van der Waals surface area contributed by atoms with Crippen LogP contribution in [0.3, 0.4) is 0 Å². The molecule has 1 unspecified atom stereocenters. The van der Waals surface area contributed by atoms with Gasteiger partial charge in [0.25, 0.3) is 0 Å². The Morgan fingerprint density at radius 3 is 2.40 bits per heavy atom. The number of rotatable bonds is 9. The Morgan fingerprint density at radius 1 is 1.15 bits per heavy atom. The minimum atomic E-state index is 0.364. The molecule has 114 valence electrons. The molecule has 1 rings (SSSR count). The van der Waals surface area contributed by atoms with E-state index in [1.54, 1.807) is 0 Å². The van der Waals surface area contributed by atoms with Crippen LogP contribution in [0.5, 0.6) is 0 Å². The van der Waals surface area contributed by atoms with Gasteiger partial charge in [0.15, 0.2) is 0 Å². The molecule has 1 N–H and O–H groups in total. The fraction of sp³-hybridized carbons (Fsp3) is 0.688. The Hall–Kier alpha value is -1.13. The van der Waals surface area contributed by atoms with Crippen molar-refractivity contribution < 1.29 is 0 Å². The summed E-state index contributed by atoms with van der Waals surface area (Å²) in [6.07, 6.45) is 3.14. The van der Waals surface area contributed by atoms with Crippen LogP contribution in [-0.2, 0) is 0 Å². The molecule has 0 aliphatic heterocycles. The first-order chi connectivity index (χ1) is 9.58. The van der Waals surface area contributed by atoms with Gasteiger partial charge in [-0.05, 0) is 45.6 Å². The Balaban J connectivity index is 2.71. The second-order valence-electron chi connectivity index (χ2n) is 5.52. The van der Waals surface area contributed by atoms with Crippen LogP contribution in [0.25, 0.3) is 0 Å². The average Bonchev–Trinajstić information content (AvgIpc) is 2.44. The summed E-state index contributed by atoms with van der Waals surface area (Å²) >= 11 is 0. The number of hydrogen-bond donors (Lipinski definition) is 1. The fourth-order valence-electron chi connectivity index (χ4n) is 2.20. The second-order valence-corrected chi connectivity index (χ2v) is 5.52. The molecule has 0 fully saturated rings. The molecule has 0 radical (unpaired) electrons. The molecule has 1 aromatic heterocycles. The van der Waals surface area contributed by atoms with Crippen LogP contribution in [0.2, 0.25) is 0 Å². The Morgan fingerprint density at radius 2 is 1.90 bits per heavy atom. The van der Waals surface area contributed by atoms with Gasteiger partial charge in [0, 0.05) is 31.9 Å². The molecule has 0 aliphatic carbocycles. The molecule has 20 heavy (non-hydrogen) atoms. The van der Waals surface area contributed by atoms with Crippen LogP contribution in [-0.4, -0.2) is 50.2 Å². The number of aromatic nitrogens is 1. The molecule has 0 saturated carbocycles. The molecule has 1 aromatic rings. The summed E-state index contributed by atoms with van der Waals surface area (Å²) in [5.41, 5.74) is 1.25. The van der Waals surface area contributed by atoms with E-state index in [0.717, 1.165) is 38.4 Å². The third-order valence-electron chi connectivity index (χ3n) is 3.42. The summed E-state index contributed by atoms with van der Waals surface area (Å²) in [7, 11) is 4.22. The molecule has 0 amide bonds. The first-order valence-electron chi connectivity index (χ1n) is 7.67. The minimum Gasteiger partial charge on any atom is -0.355 e. The maximum absolute atomic E-state index is 4.65. The lowest BCUT2D eigenvalue weighted by atomic mass is 10.1. The van der Waals surface area contributed by atoms with Crippen LogP contribution in [0.4, 0.5) is 5.82 Å². The van der Waals surface area contributed by atoms with E-state index in [1.807, 2.05) is 6.20 Å². The van der Waals surface area contributed by atoms with E-state index < -0.39 is 0 Å². The number of nitrogens with one attached hydrogen (secondary N) is 1. The van der Waals surface area contributed by atoms with Crippen molar-refractivity contribution in [2.45, 2.75) is 33.2 Å². The maximum atomic E-state index is 4.65. The van der Waals surface area contributed by atoms with E-state index in [0.29, 0.717) is 6.04 Å². The molecule has 0 spiro atoms. The summed E-state index contributed by atoms with van der Waals surface area (Å²) < 4.78 is 0. The van der Waals surface area contributed by atoms with Crippen molar-refractivity contribution in [2.24, 2.45) is 0 Å². The van der Waals surface area contributed by atoms with Gasteiger partial charge in [0.2, 0.25) is 0 Å². The van der Waals surface area contributed by atoms with Gasteiger partial charge in [-0.15, -0.1) is 0 Å². The summed E-state index contributed by atoms with van der Waals surface area (Å²) in [5.74, 6) is 1.08. The van der Waals surface area contributed by atoms with Gasteiger partial charge in [-0.2, -0.15) is 0 Å². The molecule has 0 aliphatic rings. The van der Waals surface area contributed by atoms with Crippen molar-refractivity contribution in [3.63, 3.8) is 0 Å². The highest BCUT2D eigenvalue weighted by molar-refractivity contribution is 5.39. The van der Waals surface area contributed by atoms with Crippen LogP contribution in [0.1, 0.15) is 38.8 Å². The van der Waals surface area contributed by atoms with Gasteiger partial charge in [-0.3, -0.25) is 0 Å². The highest BCUT2D eigenvalue weighted by Crippen LogP contribution is 2.16. The molecule has 0 aromatic carbocycles. The predicted octanol–water partition coefficient (Wildman–Crippen LogP) is 2.53. The Kier molecular flexibility index (Phi) is 7.55. The molecule has 1 heterocycles. The predicted molar refractivity (Wildman–Crippen MR) is 87.4 cm³/mol. The summed E-state index contributed by atoms with van der Waals surface area (Å²) in [6, 6.07) is 4.70. The zero-order valence-corrected chi connectivity index (χ0v) is 13.7. The smallest absolute Gasteiger partial charge is 0.128 e. The second kappa shape index (κ2) is 8.93. The van der Waals surface area contributed by atoms with E-state index in [4.69, 9.17) is 0 Å². The monoisotopic (exact) mass is 278 g/mol. The van der Waals surface area contributed by atoms with Crippen LogP contribution < -0.4 is 10.2 Å². The summed E-state index contributed by atoms with van der Waals surface area (Å²) in [5, 5.41) is 3.42. The van der Waals surface area contributed by atoms with E-state index in [2.05, 4.69) is 67.1 Å². The molecule has 4 heteroatoms. The molecule has 4 nitrogen and oxygen atoms in total. The van der Waals surface area contributed by atoms with Crippen molar-refractivity contribution in [1.82, 2.24) is 15.2 Å². The third-order valence-corrected chi connectivity index (χ3v) is 3.42. The van der Waals surface area contributed by atoms with E-state index in [9.17, 15) is 0 Å². The van der Waals surface area contributed by atoms with E-state index >= 15 is 0 Å². The van der Waals surface area contributed by atoms with Crippen LogP contribution in [0.15, 0.2) is 18.3 Å². The largest absolute Gasteiger partial charge is 0.355 e. The first-order valence-corrected chi connectivity index (χ1v) is 7.67. The molecule has 1 atom stereocenters. The number of hydrogen-bond acceptors (Lipinski definition) is 4. The summed E-state index contributed by atoms with van der Waals surface area (Å²) in [6.45, 7) is 10.6. The molecule has 0 bridgehead atoms. The van der Waals surface area contributed by atoms with Crippen molar-refractivity contribution >= 4 is 5.82 Å². The Labute approximate surface area is 124 Å². The fourth-order valence-corrected chi connectivity index (χ4v) is 2.20. The highest BCUT2D eigenvalue weighted by atomic mass is 15.2. The van der Waals surface area contributed by atoms with Gasteiger partial charge in [-0.1, -0.05) is 19.9 Å². The number of nitrogens with zero attached hydrogens (tertiary/aromatic N) is 3. The van der Waals surface area contributed by atoms with Crippen molar-refractivity contribution in [3.05, 3.63) is 23.9 Å². The van der Waals surface area contributed by atoms with Crippen molar-refractivity contribution in [3.8, 4) is 0 Å². The maximum Gasteiger partial charge on any atom is 0.128 e. The minimum absolute atomic E-state index is 0.364. The van der Waals surface area contributed by atoms with E-state index in [1.165, 1.54) is 5.56 Å². The quantitative estimate of drug-likeness (QED) is 0.752. The number of pyridine rings is 1. The van der Waals surface area contributed by atoms with Gasteiger partial charge < -0.3 is 15.1 Å². The van der Waals surface area contributed by atoms with Gasteiger partial charge in [0.1, 0.15) is 5.82 Å². The van der Waals surface area contributed by atoms with Crippen LogP contribution in [0, 0.1) is 0 Å². The normalized spacial score (nSPS) is 12.7. The van der Waals surface area contributed by atoms with Crippen molar-refractivity contribution in [2.75, 3.05) is 45.2 Å². The average molecular weight is 278 g/mol. The number of likely N-dealkylation sites (N-methyl/N-ethyl adjacent to an activating group) is 1. The molecular weight excluding hydrogens is 248 g/mol. The molecular formula is C16H30N4. The van der Waals surface area contributed by atoms with Crippen LogP contribution >= 0.6 is 0 Å². The van der Waals surface area contributed by atoms with Gasteiger partial charge >= 0.3 is 0 Å². The SMILES string of the molecule is CCCN(CCN(C)C)c1ccc(C(C)NCC)cn1. The number of anilines is 1. The third kappa shape index (κ3) is 5.47. The first kappa shape index (κ1) is 16.9. The lowest BCUT2D eigenvalue weighted by Gasteiger charge is -2.25. The molecule has 0 saturated heterocycles. The standard InChI is InChI=1S/C16H30N4/c1-6-10-20(12-11-19(4)5)16-9-8-15(13-18-16)14(3)17-7-2/h8-9,13-14,17H,6-7,10-12H2,1-5H3. The lowest BCUT2D eigenvalue weighted by molar-refractivity contribution is 0.412. The van der Waals surface area contributed by atoms with Gasteiger partial charge in [0.05, 0.1) is 0 Å². The highest BCUT2D eigenvalue weighted by Gasteiger charge is 2.09. The summed E-state index contributed by atoms with van der Waals surface area (Å²) in [4.78, 5) is 9.22. The van der Waals surface area contributed by atoms with Crippen molar-refractivity contribution in [1.29, 1.82) is 0 Å². The van der Waals surface area contributed by atoms with E-state index in [-0.39, 0.29) is 0 Å².